The summed E-state index contributed by atoms with van der Waals surface area (Å²) in [4.78, 5) is 11.6. The quantitative estimate of drug-likeness (QED) is 0.925. The molecule has 0 aliphatic rings. The minimum Gasteiger partial charge on any atom is -0.404 e. The number of amides is 1. The first-order valence-corrected chi connectivity index (χ1v) is 5.85. The highest BCUT2D eigenvalue weighted by molar-refractivity contribution is 5.93. The number of hydrogen-bond donors (Lipinski definition) is 1. The molecule has 0 aliphatic heterocycles. The van der Waals surface area contributed by atoms with Crippen molar-refractivity contribution in [2.24, 2.45) is 0 Å². The van der Waals surface area contributed by atoms with Gasteiger partial charge in [0.2, 0.25) is 5.91 Å². The van der Waals surface area contributed by atoms with E-state index < -0.39 is 23.6 Å². The van der Waals surface area contributed by atoms with Gasteiger partial charge in [-0.15, -0.1) is 13.2 Å². The van der Waals surface area contributed by atoms with Crippen LogP contribution in [0.5, 0.6) is 5.75 Å². The van der Waals surface area contributed by atoms with Crippen LogP contribution in [0, 0.1) is 0 Å². The Balaban J connectivity index is 2.70. The molecule has 0 atom stereocenters. The van der Waals surface area contributed by atoms with Crippen molar-refractivity contribution in [2.45, 2.75) is 32.7 Å². The summed E-state index contributed by atoms with van der Waals surface area (Å²) in [5, 5.41) is 2.32. The average Bonchev–Trinajstić information content (AvgIpc) is 2.26. The molecule has 1 amide bonds. The van der Waals surface area contributed by atoms with Gasteiger partial charge in [0, 0.05) is 0 Å². The third-order valence-electron chi connectivity index (χ3n) is 2.02. The number of halogens is 3. The average molecular weight is 291 g/mol. The van der Waals surface area contributed by atoms with Crippen molar-refractivity contribution in [3.8, 4) is 5.75 Å². The van der Waals surface area contributed by atoms with Gasteiger partial charge in [0.15, 0.2) is 5.75 Å². The number of rotatable bonds is 4. The SMILES string of the molecule is CC(C)(C)OCC(=O)Nc1ccccc1OC(F)(F)F. The number of alkyl halides is 3. The van der Waals surface area contributed by atoms with E-state index in [2.05, 4.69) is 10.1 Å². The molecule has 20 heavy (non-hydrogen) atoms. The molecule has 0 fully saturated rings. The zero-order chi connectivity index (χ0) is 15.4. The van der Waals surface area contributed by atoms with Gasteiger partial charge in [-0.1, -0.05) is 12.1 Å². The number of carbonyl (C=O) groups is 1. The van der Waals surface area contributed by atoms with Crippen LogP contribution in [-0.4, -0.2) is 24.5 Å². The van der Waals surface area contributed by atoms with Gasteiger partial charge in [-0.3, -0.25) is 4.79 Å². The van der Waals surface area contributed by atoms with E-state index in [4.69, 9.17) is 4.74 Å². The van der Waals surface area contributed by atoms with E-state index in [1.165, 1.54) is 18.2 Å². The summed E-state index contributed by atoms with van der Waals surface area (Å²) in [6.45, 7) is 5.03. The largest absolute Gasteiger partial charge is 0.573 e. The zero-order valence-electron chi connectivity index (χ0n) is 11.4. The summed E-state index contributed by atoms with van der Waals surface area (Å²) in [5.41, 5.74) is -0.577. The first-order chi connectivity index (χ1) is 9.07. The summed E-state index contributed by atoms with van der Waals surface area (Å²) < 4.78 is 45.7. The number of carbonyl (C=O) groups excluding carboxylic acids is 1. The number of benzene rings is 1. The van der Waals surface area contributed by atoms with Crippen molar-refractivity contribution in [1.29, 1.82) is 0 Å². The normalized spacial score (nSPS) is 12.1. The number of nitrogens with one attached hydrogen (secondary N) is 1. The smallest absolute Gasteiger partial charge is 0.404 e. The lowest BCUT2D eigenvalue weighted by Gasteiger charge is -2.19. The lowest BCUT2D eigenvalue weighted by Crippen LogP contribution is -2.27. The summed E-state index contributed by atoms with van der Waals surface area (Å²) >= 11 is 0. The molecular formula is C13H16F3NO3. The molecule has 0 aliphatic carbocycles. The molecule has 1 aromatic carbocycles. The Bertz CT molecular complexity index is 467. The molecule has 0 spiro atoms. The Morgan fingerprint density at radius 1 is 1.20 bits per heavy atom. The summed E-state index contributed by atoms with van der Waals surface area (Å²) in [6.07, 6.45) is -4.82. The fraction of sp³-hybridized carbons (Fsp3) is 0.462. The van der Waals surface area contributed by atoms with Crippen LogP contribution < -0.4 is 10.1 Å². The van der Waals surface area contributed by atoms with E-state index >= 15 is 0 Å². The second-order valence-electron chi connectivity index (χ2n) is 4.99. The highest BCUT2D eigenvalue weighted by Gasteiger charge is 2.32. The second-order valence-corrected chi connectivity index (χ2v) is 4.99. The number of para-hydroxylation sites is 2. The fourth-order valence-corrected chi connectivity index (χ4v) is 1.25. The van der Waals surface area contributed by atoms with E-state index in [1.807, 2.05) is 0 Å². The van der Waals surface area contributed by atoms with Crippen molar-refractivity contribution < 1.29 is 27.4 Å². The number of ether oxygens (including phenoxy) is 2. The molecule has 0 unspecified atom stereocenters. The Morgan fingerprint density at radius 3 is 2.35 bits per heavy atom. The number of anilines is 1. The minimum absolute atomic E-state index is 0.0627. The Morgan fingerprint density at radius 2 is 1.80 bits per heavy atom. The van der Waals surface area contributed by atoms with Crippen LogP contribution in [0.4, 0.5) is 18.9 Å². The molecule has 0 aromatic heterocycles. The first kappa shape index (κ1) is 16.3. The van der Waals surface area contributed by atoms with E-state index in [9.17, 15) is 18.0 Å². The lowest BCUT2D eigenvalue weighted by atomic mass is 10.2. The molecular weight excluding hydrogens is 275 g/mol. The molecule has 0 heterocycles. The third-order valence-corrected chi connectivity index (χ3v) is 2.02. The molecule has 0 saturated carbocycles. The first-order valence-electron chi connectivity index (χ1n) is 5.85. The maximum absolute atomic E-state index is 12.2. The van der Waals surface area contributed by atoms with Crippen LogP contribution >= 0.6 is 0 Å². The standard InChI is InChI=1S/C13H16F3NO3/c1-12(2,3)19-8-11(18)17-9-6-4-5-7-10(9)20-13(14,15)16/h4-7H,8H2,1-3H3,(H,17,18). The van der Waals surface area contributed by atoms with Gasteiger partial charge >= 0.3 is 6.36 Å². The molecule has 1 rings (SSSR count). The predicted molar refractivity (Wildman–Crippen MR) is 67.5 cm³/mol. The summed E-state index contributed by atoms with van der Waals surface area (Å²) in [6, 6.07) is 5.30. The van der Waals surface area contributed by atoms with Gasteiger partial charge in [-0.05, 0) is 32.9 Å². The van der Waals surface area contributed by atoms with Gasteiger partial charge in [0.1, 0.15) is 6.61 Å². The highest BCUT2D eigenvalue weighted by atomic mass is 19.4. The molecule has 0 radical (unpaired) electrons. The van der Waals surface area contributed by atoms with Crippen LogP contribution in [0.15, 0.2) is 24.3 Å². The van der Waals surface area contributed by atoms with E-state index in [-0.39, 0.29) is 12.3 Å². The van der Waals surface area contributed by atoms with Crippen molar-refractivity contribution in [1.82, 2.24) is 0 Å². The molecule has 4 nitrogen and oxygen atoms in total. The van der Waals surface area contributed by atoms with Crippen molar-refractivity contribution >= 4 is 11.6 Å². The van der Waals surface area contributed by atoms with E-state index in [0.29, 0.717) is 0 Å². The summed E-state index contributed by atoms with van der Waals surface area (Å²) in [7, 11) is 0. The Hall–Kier alpha value is -1.76. The third kappa shape index (κ3) is 6.42. The van der Waals surface area contributed by atoms with E-state index in [1.54, 1.807) is 20.8 Å². The summed E-state index contributed by atoms with van der Waals surface area (Å²) in [5.74, 6) is -1.03. The van der Waals surface area contributed by atoms with Crippen molar-refractivity contribution in [2.75, 3.05) is 11.9 Å². The second kappa shape index (κ2) is 6.13. The fourth-order valence-electron chi connectivity index (χ4n) is 1.25. The maximum Gasteiger partial charge on any atom is 0.573 e. The van der Waals surface area contributed by atoms with Crippen molar-refractivity contribution in [3.63, 3.8) is 0 Å². The van der Waals surface area contributed by atoms with E-state index in [0.717, 1.165) is 6.07 Å². The van der Waals surface area contributed by atoms with Crippen LogP contribution in [0.3, 0.4) is 0 Å². The number of hydrogen-bond acceptors (Lipinski definition) is 3. The monoisotopic (exact) mass is 291 g/mol. The molecule has 1 aromatic rings. The topological polar surface area (TPSA) is 47.6 Å². The van der Waals surface area contributed by atoms with Gasteiger partial charge < -0.3 is 14.8 Å². The zero-order valence-corrected chi connectivity index (χ0v) is 11.4. The van der Waals surface area contributed by atoms with Gasteiger partial charge in [-0.25, -0.2) is 0 Å². The van der Waals surface area contributed by atoms with Gasteiger partial charge in [0.05, 0.1) is 11.3 Å². The molecule has 1 N–H and O–H groups in total. The van der Waals surface area contributed by atoms with Crippen LogP contribution in [-0.2, 0) is 9.53 Å². The Kier molecular flexibility index (Phi) is 4.99. The van der Waals surface area contributed by atoms with Crippen molar-refractivity contribution in [3.05, 3.63) is 24.3 Å². The highest BCUT2D eigenvalue weighted by Crippen LogP contribution is 2.29. The van der Waals surface area contributed by atoms with Crippen LogP contribution in [0.25, 0.3) is 0 Å². The predicted octanol–water partition coefficient (Wildman–Crippen LogP) is 3.34. The van der Waals surface area contributed by atoms with Crippen LogP contribution in [0.1, 0.15) is 20.8 Å². The van der Waals surface area contributed by atoms with Gasteiger partial charge in [-0.2, -0.15) is 0 Å². The van der Waals surface area contributed by atoms with Gasteiger partial charge in [0.25, 0.3) is 0 Å². The molecule has 112 valence electrons. The molecule has 7 heteroatoms. The minimum atomic E-state index is -4.82. The Labute approximate surface area is 114 Å². The molecule has 0 saturated heterocycles. The maximum atomic E-state index is 12.2. The van der Waals surface area contributed by atoms with Crippen LogP contribution in [0.2, 0.25) is 0 Å². The lowest BCUT2D eigenvalue weighted by molar-refractivity contribution is -0.274. The molecule has 0 bridgehead atoms.